The van der Waals surface area contributed by atoms with Crippen LogP contribution in [0, 0.1) is 0 Å². The minimum Gasteiger partial charge on any atom is -0.427 e. The van der Waals surface area contributed by atoms with E-state index in [-0.39, 0.29) is 0 Å². The summed E-state index contributed by atoms with van der Waals surface area (Å²) in [7, 11) is -4.74. The molecule has 0 aromatic carbocycles. The minimum absolute atomic E-state index is 0.772. The van der Waals surface area contributed by atoms with Gasteiger partial charge in [-0.05, 0) is 96.3 Å². The van der Waals surface area contributed by atoms with Gasteiger partial charge in [-0.25, -0.2) is 0 Å². The Balaban J connectivity index is 0. The molecule has 0 heterocycles. The molecule has 0 spiro atoms. The summed E-state index contributed by atoms with van der Waals surface area (Å²) < 4.78 is 107. The third-order valence-electron chi connectivity index (χ3n) is 12.9. The number of hydrogen-bond acceptors (Lipinski definition) is 7. The van der Waals surface area contributed by atoms with Crippen molar-refractivity contribution in [1.82, 2.24) is 0 Å². The molecule has 0 aliphatic carbocycles. The Hall–Kier alpha value is -1.56. The van der Waals surface area contributed by atoms with Gasteiger partial charge >= 0.3 is 35.4 Å². The molecule has 0 aliphatic rings. The largest absolute Gasteiger partial charge is 0.753 e. The van der Waals surface area contributed by atoms with Gasteiger partial charge in [-0.1, -0.05) is 231 Å². The molecule has 0 fully saturated rings. The highest BCUT2D eigenvalue weighted by Crippen LogP contribution is 2.40. The topological polar surface area (TPSA) is 101 Å². The summed E-state index contributed by atoms with van der Waals surface area (Å²) in [5.74, 6) is 0. The number of ether oxygens (including phenoxy) is 1. The molecule has 0 bridgehead atoms. The van der Waals surface area contributed by atoms with Crippen molar-refractivity contribution in [2.45, 2.75) is 322 Å². The van der Waals surface area contributed by atoms with Gasteiger partial charge in [-0.2, -0.15) is 31.1 Å². The number of carbonyl (C=O) groups is 1. The molecule has 1 unspecified atom stereocenters. The first-order valence-corrected chi connectivity index (χ1v) is 32.8. The van der Waals surface area contributed by atoms with E-state index >= 15 is 0 Å². The molecule has 450 valence electrons. The molecular weight excluding hydrogens is 1020 g/mol. The average molecular weight is 1140 g/mol. The smallest absolute Gasteiger partial charge is 0.427 e. The van der Waals surface area contributed by atoms with E-state index in [2.05, 4.69) is 66.5 Å². The molecule has 0 amide bonds. The third kappa shape index (κ3) is 68.5. The summed E-state index contributed by atoms with van der Waals surface area (Å²) in [6, 6.07) is 0. The number of carbonyl (C=O) groups excluding carboxylic acids is 1. The van der Waals surface area contributed by atoms with Crippen molar-refractivity contribution in [3.63, 3.8) is 0 Å². The predicted octanol–water partition coefficient (Wildman–Crippen LogP) is 23.4. The van der Waals surface area contributed by atoms with Gasteiger partial charge in [0.15, 0.2) is 0 Å². The summed E-state index contributed by atoms with van der Waals surface area (Å²) >= 11 is 0. The standard InChI is InChI=1S/C54H105O3P.C6H5F6O5P/c1-4-7-10-13-16-19-22-25-28-31-34-37-40-43-46-49-52-55-58(56-53-50-47-44-41-38-35-32-29-26-23-20-17-14-11-8-5-2)57-54-51-48-45-42-39-36-33-30-27-24-21-18-15-12-9-6-3;7-5(8,9)1-3(2-6(10,11)12)16-4(13)17-18(14)15/h25-30H,4-24,31-54H2,1-3H3;3H,1-2H2/p+1. The zero-order chi connectivity index (χ0) is 56.3. The van der Waals surface area contributed by atoms with Crippen LogP contribution in [0.1, 0.15) is 303 Å². The summed E-state index contributed by atoms with van der Waals surface area (Å²) in [6.07, 6.45) is 51.7. The molecule has 0 saturated heterocycles. The van der Waals surface area contributed by atoms with Gasteiger partial charge in [-0.15, -0.1) is 9.42 Å². The number of halogens is 6. The van der Waals surface area contributed by atoms with E-state index in [0.29, 0.717) is 0 Å². The Morgan fingerprint density at radius 2 is 0.632 bits per heavy atom. The van der Waals surface area contributed by atoms with Crippen molar-refractivity contribution in [3.05, 3.63) is 36.5 Å². The van der Waals surface area contributed by atoms with E-state index in [1.807, 2.05) is 0 Å². The third-order valence-corrected chi connectivity index (χ3v) is 14.4. The van der Waals surface area contributed by atoms with Gasteiger partial charge in [-0.3, -0.25) is 0 Å². The van der Waals surface area contributed by atoms with Crippen molar-refractivity contribution < 1.29 is 63.4 Å². The Morgan fingerprint density at radius 1 is 0.408 bits per heavy atom. The van der Waals surface area contributed by atoms with Crippen LogP contribution in [0.3, 0.4) is 0 Å². The second-order valence-electron chi connectivity index (χ2n) is 20.5. The van der Waals surface area contributed by atoms with Gasteiger partial charge in [0, 0.05) is 4.57 Å². The number of allylic oxidation sites excluding steroid dienone is 6. The molecule has 1 atom stereocenters. The fraction of sp³-hybridized carbons (Fsp3) is 0.883. The molecule has 0 aromatic rings. The average Bonchev–Trinajstić information content (AvgIpc) is 3.35. The quantitative estimate of drug-likeness (QED) is 0.0211. The molecule has 0 radical (unpaired) electrons. The fourth-order valence-corrected chi connectivity index (χ4v) is 9.70. The molecule has 0 aliphatic heterocycles. The van der Waals surface area contributed by atoms with Crippen molar-refractivity contribution in [2.75, 3.05) is 19.8 Å². The number of unbranched alkanes of at least 4 members (excludes halogenated alkanes) is 36. The van der Waals surface area contributed by atoms with Crippen LogP contribution in [0.2, 0.25) is 0 Å². The summed E-state index contributed by atoms with van der Waals surface area (Å²) in [4.78, 5) is 18.6. The van der Waals surface area contributed by atoms with Crippen LogP contribution < -0.4 is 0 Å². The fourth-order valence-electron chi connectivity index (χ4n) is 8.47. The number of rotatable bonds is 55. The molecule has 0 rings (SSSR count). The Kier molecular flexibility index (Phi) is 60.0. The van der Waals surface area contributed by atoms with Gasteiger partial charge in [0.1, 0.15) is 6.10 Å². The maximum atomic E-state index is 11.9. The lowest BCUT2D eigenvalue weighted by atomic mass is 10.1. The second-order valence-corrected chi connectivity index (χ2v) is 22.4. The monoisotopic (exact) mass is 1140 g/mol. The predicted molar refractivity (Wildman–Crippen MR) is 306 cm³/mol. The zero-order valence-corrected chi connectivity index (χ0v) is 50.0. The van der Waals surface area contributed by atoms with Crippen LogP contribution in [0.25, 0.3) is 0 Å². The number of alkyl halides is 6. The van der Waals surface area contributed by atoms with E-state index in [4.69, 9.17) is 18.5 Å². The maximum Gasteiger partial charge on any atom is 0.753 e. The zero-order valence-electron chi connectivity index (χ0n) is 48.2. The van der Waals surface area contributed by atoms with Crippen molar-refractivity contribution in [2.24, 2.45) is 0 Å². The molecule has 8 nitrogen and oxygen atoms in total. The summed E-state index contributed by atoms with van der Waals surface area (Å²) in [5, 5.41) is 0. The molecular formula is C60H111F6O8P2+. The summed E-state index contributed by atoms with van der Waals surface area (Å²) in [6.45, 7) is 9.20. The summed E-state index contributed by atoms with van der Waals surface area (Å²) in [5.41, 5.74) is 0. The highest BCUT2D eigenvalue weighted by Gasteiger charge is 2.42. The van der Waals surface area contributed by atoms with E-state index in [1.54, 1.807) is 0 Å². The van der Waals surface area contributed by atoms with Crippen LogP contribution in [0.4, 0.5) is 31.1 Å². The number of hydrogen-bond donors (Lipinski definition) is 1. The molecule has 76 heavy (non-hydrogen) atoms. The van der Waals surface area contributed by atoms with E-state index < -0.39 is 54.3 Å². The van der Waals surface area contributed by atoms with E-state index in [1.165, 1.54) is 250 Å². The first kappa shape index (κ1) is 76.5. The van der Waals surface area contributed by atoms with Gasteiger partial charge in [0.2, 0.25) is 0 Å². The van der Waals surface area contributed by atoms with Crippen molar-refractivity contribution >= 4 is 23.0 Å². The molecule has 0 aromatic heterocycles. The first-order valence-electron chi connectivity index (χ1n) is 30.6. The minimum atomic E-state index is -5.00. The highest BCUT2D eigenvalue weighted by atomic mass is 31.2. The van der Waals surface area contributed by atoms with Gasteiger partial charge in [0.25, 0.3) is 0 Å². The Morgan fingerprint density at radius 3 is 0.855 bits per heavy atom. The van der Waals surface area contributed by atoms with Crippen molar-refractivity contribution in [3.8, 4) is 0 Å². The molecule has 1 N–H and O–H groups in total. The van der Waals surface area contributed by atoms with Gasteiger partial charge in [0.05, 0.1) is 32.7 Å². The van der Waals surface area contributed by atoms with Gasteiger partial charge < -0.3 is 18.3 Å². The highest BCUT2D eigenvalue weighted by molar-refractivity contribution is 7.41. The van der Waals surface area contributed by atoms with Crippen LogP contribution in [-0.2, 0) is 27.4 Å². The first-order chi connectivity index (χ1) is 36.7. The van der Waals surface area contributed by atoms with E-state index in [9.17, 15) is 35.7 Å². The second kappa shape index (κ2) is 59.6. The lowest BCUT2D eigenvalue weighted by molar-refractivity contribution is -0.187. The maximum absolute atomic E-state index is 11.9. The van der Waals surface area contributed by atoms with E-state index in [0.717, 1.165) is 39.1 Å². The van der Waals surface area contributed by atoms with Crippen LogP contribution in [-0.4, -0.2) is 49.3 Å². The Labute approximate surface area is 462 Å². The SMILES string of the molecule is CCCCCCCCC=CCCCCCCCCOP(OCCCCCCCCC=CCCCCCCCC)OCCCCCCCCC=CCCCCCCCC.O=C(OC(CC(F)(F)F)CC(F)(F)F)O[P+](=O)O. The Bertz CT molecular complexity index is 1200. The molecule has 16 heteroatoms. The molecule has 0 saturated carbocycles. The normalized spacial score (nSPS) is 12.9. The van der Waals surface area contributed by atoms with Crippen molar-refractivity contribution in [1.29, 1.82) is 0 Å². The lowest BCUT2D eigenvalue weighted by Gasteiger charge is -2.18. The van der Waals surface area contributed by atoms with Crippen LogP contribution in [0.15, 0.2) is 36.5 Å². The van der Waals surface area contributed by atoms with Crippen LogP contribution >= 0.6 is 16.9 Å². The van der Waals surface area contributed by atoms with Crippen LogP contribution in [0.5, 0.6) is 0 Å². The lowest BCUT2D eigenvalue weighted by Crippen LogP contribution is -2.29.